The molecular formula is C19H21NO5. The SMILES string of the molecule is Cn1cccc1C(=O)COC(=O)c1ccccc1OCC1CCCO1. The van der Waals surface area contributed by atoms with Crippen LogP contribution in [0.5, 0.6) is 5.75 Å². The zero-order chi connectivity index (χ0) is 17.6. The lowest BCUT2D eigenvalue weighted by Crippen LogP contribution is -2.19. The van der Waals surface area contributed by atoms with Gasteiger partial charge in [-0.1, -0.05) is 12.1 Å². The fourth-order valence-electron chi connectivity index (χ4n) is 2.75. The Morgan fingerprint density at radius 2 is 2.08 bits per heavy atom. The Morgan fingerprint density at radius 1 is 1.24 bits per heavy atom. The molecule has 2 aromatic rings. The predicted octanol–water partition coefficient (Wildman–Crippen LogP) is 2.62. The minimum Gasteiger partial charge on any atom is -0.490 e. The molecule has 0 aliphatic carbocycles. The van der Waals surface area contributed by atoms with E-state index in [1.807, 2.05) is 0 Å². The molecule has 0 N–H and O–H groups in total. The Morgan fingerprint density at radius 3 is 2.80 bits per heavy atom. The number of hydrogen-bond acceptors (Lipinski definition) is 5. The molecule has 132 valence electrons. The number of esters is 1. The van der Waals surface area contributed by atoms with Gasteiger partial charge in [0.15, 0.2) is 6.61 Å². The van der Waals surface area contributed by atoms with Gasteiger partial charge in [-0.05, 0) is 37.1 Å². The molecule has 25 heavy (non-hydrogen) atoms. The standard InChI is InChI=1S/C19H21NO5/c1-20-10-4-8-16(20)17(21)13-25-19(22)15-7-2-3-9-18(15)24-12-14-6-5-11-23-14/h2-4,7-10,14H,5-6,11-13H2,1H3. The fraction of sp³-hybridized carbons (Fsp3) is 0.368. The first-order valence-corrected chi connectivity index (χ1v) is 8.30. The van der Waals surface area contributed by atoms with Crippen LogP contribution in [-0.2, 0) is 16.5 Å². The monoisotopic (exact) mass is 343 g/mol. The van der Waals surface area contributed by atoms with E-state index in [4.69, 9.17) is 14.2 Å². The first-order valence-electron chi connectivity index (χ1n) is 8.30. The summed E-state index contributed by atoms with van der Waals surface area (Å²) in [7, 11) is 1.77. The largest absolute Gasteiger partial charge is 0.490 e. The Balaban J connectivity index is 1.59. The van der Waals surface area contributed by atoms with Crippen molar-refractivity contribution < 1.29 is 23.8 Å². The normalized spacial score (nSPS) is 16.6. The zero-order valence-corrected chi connectivity index (χ0v) is 14.1. The summed E-state index contributed by atoms with van der Waals surface area (Å²) in [6.07, 6.45) is 3.81. The van der Waals surface area contributed by atoms with Gasteiger partial charge in [0.1, 0.15) is 17.9 Å². The molecule has 0 spiro atoms. The fourth-order valence-corrected chi connectivity index (χ4v) is 2.75. The second kappa shape index (κ2) is 7.98. The summed E-state index contributed by atoms with van der Waals surface area (Å²) >= 11 is 0. The Bertz CT molecular complexity index is 746. The molecule has 3 rings (SSSR count). The summed E-state index contributed by atoms with van der Waals surface area (Å²) in [4.78, 5) is 24.4. The molecule has 6 heteroatoms. The van der Waals surface area contributed by atoms with Crippen molar-refractivity contribution in [3.8, 4) is 5.75 Å². The average Bonchev–Trinajstić information content (AvgIpc) is 3.29. The number of para-hydroxylation sites is 1. The number of ketones is 1. The van der Waals surface area contributed by atoms with Crippen molar-refractivity contribution in [2.45, 2.75) is 18.9 Å². The first-order chi connectivity index (χ1) is 12.1. The summed E-state index contributed by atoms with van der Waals surface area (Å²) in [5.41, 5.74) is 0.802. The average molecular weight is 343 g/mol. The highest BCUT2D eigenvalue weighted by molar-refractivity contribution is 5.99. The molecule has 1 aliphatic rings. The van der Waals surface area contributed by atoms with Crippen LogP contribution in [-0.4, -0.2) is 42.2 Å². The molecule has 2 heterocycles. The van der Waals surface area contributed by atoms with E-state index in [0.29, 0.717) is 23.6 Å². The molecule has 0 amide bonds. The molecule has 1 aromatic heterocycles. The molecule has 6 nitrogen and oxygen atoms in total. The van der Waals surface area contributed by atoms with Crippen LogP contribution < -0.4 is 4.74 Å². The maximum absolute atomic E-state index is 12.3. The van der Waals surface area contributed by atoms with Gasteiger partial charge in [-0.3, -0.25) is 4.79 Å². The van der Waals surface area contributed by atoms with E-state index in [9.17, 15) is 9.59 Å². The third-order valence-corrected chi connectivity index (χ3v) is 4.12. The first kappa shape index (κ1) is 17.2. The Hall–Kier alpha value is -2.60. The molecular weight excluding hydrogens is 322 g/mol. The van der Waals surface area contributed by atoms with Crippen molar-refractivity contribution in [1.29, 1.82) is 0 Å². The number of Topliss-reactive ketones (excluding diaryl/α,β-unsaturated/α-hetero) is 1. The molecule has 1 aromatic carbocycles. The van der Waals surface area contributed by atoms with E-state index in [2.05, 4.69) is 0 Å². The molecule has 1 aliphatic heterocycles. The molecule has 1 fully saturated rings. The van der Waals surface area contributed by atoms with Gasteiger partial charge >= 0.3 is 5.97 Å². The van der Waals surface area contributed by atoms with E-state index >= 15 is 0 Å². The molecule has 0 saturated carbocycles. The minimum absolute atomic E-state index is 0.0583. The molecule has 1 saturated heterocycles. The summed E-state index contributed by atoms with van der Waals surface area (Å²) in [6, 6.07) is 10.3. The lowest BCUT2D eigenvalue weighted by atomic mass is 10.2. The smallest absolute Gasteiger partial charge is 0.342 e. The lowest BCUT2D eigenvalue weighted by Gasteiger charge is -2.14. The summed E-state index contributed by atoms with van der Waals surface area (Å²) < 4.78 is 18.1. The van der Waals surface area contributed by atoms with Crippen LogP contribution in [0.25, 0.3) is 0 Å². The number of hydrogen-bond donors (Lipinski definition) is 0. The predicted molar refractivity (Wildman–Crippen MR) is 90.9 cm³/mol. The van der Waals surface area contributed by atoms with Crippen LogP contribution in [0.1, 0.15) is 33.7 Å². The van der Waals surface area contributed by atoms with Gasteiger partial charge in [0.25, 0.3) is 0 Å². The van der Waals surface area contributed by atoms with Crippen molar-refractivity contribution in [2.24, 2.45) is 7.05 Å². The number of aryl methyl sites for hydroxylation is 1. The highest BCUT2D eigenvalue weighted by Gasteiger charge is 2.20. The van der Waals surface area contributed by atoms with Gasteiger partial charge in [-0.25, -0.2) is 4.79 Å². The third-order valence-electron chi connectivity index (χ3n) is 4.12. The Labute approximate surface area is 146 Å². The molecule has 1 unspecified atom stereocenters. The number of carbonyl (C=O) groups excluding carboxylic acids is 2. The van der Waals surface area contributed by atoms with Gasteiger partial charge in [0.2, 0.25) is 5.78 Å². The third kappa shape index (κ3) is 4.28. The highest BCUT2D eigenvalue weighted by Crippen LogP contribution is 2.21. The van der Waals surface area contributed by atoms with Gasteiger partial charge in [0, 0.05) is 19.9 Å². The summed E-state index contributed by atoms with van der Waals surface area (Å²) in [5.74, 6) is -0.390. The van der Waals surface area contributed by atoms with Crippen molar-refractivity contribution in [1.82, 2.24) is 4.57 Å². The number of ether oxygens (including phenoxy) is 3. The van der Waals surface area contributed by atoms with Crippen LogP contribution in [0.4, 0.5) is 0 Å². The number of nitrogens with zero attached hydrogens (tertiary/aromatic N) is 1. The number of rotatable bonds is 7. The van der Waals surface area contributed by atoms with Gasteiger partial charge in [-0.15, -0.1) is 0 Å². The zero-order valence-electron chi connectivity index (χ0n) is 14.1. The van der Waals surface area contributed by atoms with Crippen molar-refractivity contribution in [3.05, 3.63) is 53.9 Å². The van der Waals surface area contributed by atoms with Gasteiger partial charge in [0.05, 0.1) is 11.8 Å². The van der Waals surface area contributed by atoms with E-state index in [-0.39, 0.29) is 18.5 Å². The Kier molecular flexibility index (Phi) is 5.50. The number of carbonyl (C=O) groups is 2. The van der Waals surface area contributed by atoms with E-state index in [1.54, 1.807) is 54.2 Å². The van der Waals surface area contributed by atoms with Crippen molar-refractivity contribution >= 4 is 11.8 Å². The van der Waals surface area contributed by atoms with Gasteiger partial charge < -0.3 is 18.8 Å². The lowest BCUT2D eigenvalue weighted by molar-refractivity contribution is 0.0457. The van der Waals surface area contributed by atoms with Crippen LogP contribution in [0, 0.1) is 0 Å². The molecule has 1 atom stereocenters. The number of aromatic nitrogens is 1. The second-order valence-corrected chi connectivity index (χ2v) is 5.95. The van der Waals surface area contributed by atoms with Crippen molar-refractivity contribution in [2.75, 3.05) is 19.8 Å². The van der Waals surface area contributed by atoms with Crippen LogP contribution >= 0.6 is 0 Å². The summed E-state index contributed by atoms with van der Waals surface area (Å²) in [5, 5.41) is 0. The minimum atomic E-state index is -0.578. The van der Waals surface area contributed by atoms with E-state index < -0.39 is 5.97 Å². The second-order valence-electron chi connectivity index (χ2n) is 5.95. The maximum Gasteiger partial charge on any atom is 0.342 e. The van der Waals surface area contributed by atoms with Gasteiger partial charge in [-0.2, -0.15) is 0 Å². The van der Waals surface area contributed by atoms with Crippen LogP contribution in [0.15, 0.2) is 42.6 Å². The van der Waals surface area contributed by atoms with Crippen molar-refractivity contribution in [3.63, 3.8) is 0 Å². The maximum atomic E-state index is 12.3. The van der Waals surface area contributed by atoms with E-state index in [1.165, 1.54) is 0 Å². The highest BCUT2D eigenvalue weighted by atomic mass is 16.5. The van der Waals surface area contributed by atoms with E-state index in [0.717, 1.165) is 19.4 Å². The summed E-state index contributed by atoms with van der Waals surface area (Å²) in [6.45, 7) is 0.836. The van der Waals surface area contributed by atoms with Crippen LogP contribution in [0.2, 0.25) is 0 Å². The quantitative estimate of drug-likeness (QED) is 0.571. The topological polar surface area (TPSA) is 66.8 Å². The van der Waals surface area contributed by atoms with Crippen LogP contribution in [0.3, 0.4) is 0 Å². The number of benzene rings is 1. The molecule has 0 radical (unpaired) electrons. The molecule has 0 bridgehead atoms.